The average Bonchev–Trinajstić information content (AvgIpc) is 3.23. The number of carbonyl (C=O) groups excluding carboxylic acids is 1. The molecule has 4 rings (SSSR count). The smallest absolute Gasteiger partial charge is 0.227 e. The van der Waals surface area contributed by atoms with Gasteiger partial charge in [0.05, 0.1) is 11.5 Å². The second-order valence-electron chi connectivity index (χ2n) is 11.7. The van der Waals surface area contributed by atoms with Crippen LogP contribution >= 0.6 is 0 Å². The fourth-order valence-electron chi connectivity index (χ4n) is 6.02. The molecule has 1 amide bonds. The van der Waals surface area contributed by atoms with E-state index in [1.54, 1.807) is 0 Å². The molecular formula is C29H38F2N2O2. The molecule has 0 bridgehead atoms. The summed E-state index contributed by atoms with van der Waals surface area (Å²) in [6.07, 6.45) is 0. The number of hydrogen-bond donors (Lipinski definition) is 1. The molecule has 0 radical (unpaired) electrons. The second-order valence-corrected chi connectivity index (χ2v) is 11.7. The SMILES string of the molecule is Cc1ccc([C@]2(O)[C@H](C)CN(C(=O)[C@@H]3CN(C(C)(C)C)C[C@H]3c3ccc(F)cc3F)C[C@@H]2C)cc1. The van der Waals surface area contributed by atoms with E-state index in [-0.39, 0.29) is 29.2 Å². The number of rotatable bonds is 3. The number of likely N-dealkylation sites (tertiary alicyclic amines) is 2. The highest BCUT2D eigenvalue weighted by Gasteiger charge is 2.50. The number of benzene rings is 2. The highest BCUT2D eigenvalue weighted by molar-refractivity contribution is 5.81. The van der Waals surface area contributed by atoms with Crippen molar-refractivity contribution in [1.29, 1.82) is 0 Å². The van der Waals surface area contributed by atoms with Crippen molar-refractivity contribution in [2.24, 2.45) is 17.8 Å². The first kappa shape index (κ1) is 25.8. The molecule has 2 fully saturated rings. The number of carbonyl (C=O) groups is 1. The van der Waals surface area contributed by atoms with Crippen molar-refractivity contribution in [2.75, 3.05) is 26.2 Å². The van der Waals surface area contributed by atoms with Crippen LogP contribution in [0.15, 0.2) is 42.5 Å². The van der Waals surface area contributed by atoms with Crippen LogP contribution in [0.5, 0.6) is 0 Å². The quantitative estimate of drug-likeness (QED) is 0.660. The summed E-state index contributed by atoms with van der Waals surface area (Å²) in [6, 6.07) is 11.6. The molecule has 2 aromatic rings. The molecule has 1 N–H and O–H groups in total. The third-order valence-electron chi connectivity index (χ3n) is 8.26. The van der Waals surface area contributed by atoms with Gasteiger partial charge in [0.2, 0.25) is 5.91 Å². The predicted molar refractivity (Wildman–Crippen MR) is 134 cm³/mol. The van der Waals surface area contributed by atoms with Gasteiger partial charge in [0.15, 0.2) is 0 Å². The van der Waals surface area contributed by atoms with Crippen LogP contribution in [-0.4, -0.2) is 52.5 Å². The molecule has 5 atom stereocenters. The van der Waals surface area contributed by atoms with Gasteiger partial charge < -0.3 is 10.0 Å². The standard InChI is InChI=1S/C29H38F2N2O2/c1-18-7-9-21(10-8-18)29(35)19(2)14-32(15-20(29)3)27(34)25-17-33(28(4,5)6)16-24(25)23-12-11-22(30)13-26(23)31/h7-13,19-20,24-25,35H,14-17H2,1-6H3/t19-,20+,24-,25+,29+/m0/s1. The van der Waals surface area contributed by atoms with Gasteiger partial charge in [-0.1, -0.05) is 49.7 Å². The third-order valence-corrected chi connectivity index (χ3v) is 8.26. The topological polar surface area (TPSA) is 43.8 Å². The van der Waals surface area contributed by atoms with Gasteiger partial charge in [-0.3, -0.25) is 9.69 Å². The summed E-state index contributed by atoms with van der Waals surface area (Å²) in [7, 11) is 0. The molecule has 0 saturated carbocycles. The van der Waals surface area contributed by atoms with Gasteiger partial charge in [-0.05, 0) is 44.9 Å². The summed E-state index contributed by atoms with van der Waals surface area (Å²) in [5.74, 6) is -2.36. The lowest BCUT2D eigenvalue weighted by molar-refractivity contribution is -0.152. The van der Waals surface area contributed by atoms with Gasteiger partial charge in [0.25, 0.3) is 0 Å². The summed E-state index contributed by atoms with van der Waals surface area (Å²) < 4.78 is 28.4. The Balaban J connectivity index is 1.61. The van der Waals surface area contributed by atoms with E-state index in [4.69, 9.17) is 0 Å². The van der Waals surface area contributed by atoms with E-state index in [1.807, 2.05) is 49.9 Å². The van der Waals surface area contributed by atoms with E-state index < -0.39 is 23.2 Å². The fraction of sp³-hybridized carbons (Fsp3) is 0.552. The summed E-state index contributed by atoms with van der Waals surface area (Å²) in [5, 5.41) is 11.7. The molecular weight excluding hydrogens is 446 g/mol. The monoisotopic (exact) mass is 484 g/mol. The Bertz CT molecular complexity index is 1070. The summed E-state index contributed by atoms with van der Waals surface area (Å²) in [4.78, 5) is 18.0. The van der Waals surface area contributed by atoms with E-state index in [0.717, 1.165) is 17.2 Å². The van der Waals surface area contributed by atoms with E-state index in [9.17, 15) is 18.7 Å². The van der Waals surface area contributed by atoms with Gasteiger partial charge in [-0.25, -0.2) is 8.78 Å². The first-order chi connectivity index (χ1) is 16.3. The minimum atomic E-state index is -1.03. The lowest BCUT2D eigenvalue weighted by Gasteiger charge is -2.48. The van der Waals surface area contributed by atoms with Crippen LogP contribution in [0.25, 0.3) is 0 Å². The van der Waals surface area contributed by atoms with E-state index >= 15 is 0 Å². The Labute approximate surface area is 207 Å². The first-order valence-electron chi connectivity index (χ1n) is 12.6. The minimum Gasteiger partial charge on any atom is -0.384 e. The lowest BCUT2D eigenvalue weighted by atomic mass is 9.70. The molecule has 35 heavy (non-hydrogen) atoms. The summed E-state index contributed by atoms with van der Waals surface area (Å²) >= 11 is 0. The molecule has 0 spiro atoms. The lowest BCUT2D eigenvalue weighted by Crippen LogP contribution is -2.57. The number of aliphatic hydroxyl groups is 1. The van der Waals surface area contributed by atoms with Crippen LogP contribution in [-0.2, 0) is 10.4 Å². The number of halogens is 2. The van der Waals surface area contributed by atoms with Crippen molar-refractivity contribution >= 4 is 5.91 Å². The highest BCUT2D eigenvalue weighted by Crippen LogP contribution is 2.44. The number of aryl methyl sites for hydroxylation is 1. The van der Waals surface area contributed by atoms with Gasteiger partial charge >= 0.3 is 0 Å². The molecule has 6 heteroatoms. The number of nitrogens with zero attached hydrogens (tertiary/aromatic N) is 2. The molecule has 0 aromatic heterocycles. The Morgan fingerprint density at radius 3 is 2.11 bits per heavy atom. The van der Waals surface area contributed by atoms with E-state index in [2.05, 4.69) is 25.7 Å². The highest BCUT2D eigenvalue weighted by atomic mass is 19.1. The molecule has 2 saturated heterocycles. The molecule has 2 heterocycles. The maximum absolute atomic E-state index is 14.8. The van der Waals surface area contributed by atoms with Crippen molar-refractivity contribution in [3.05, 3.63) is 70.8 Å². The van der Waals surface area contributed by atoms with Gasteiger partial charge in [-0.2, -0.15) is 0 Å². The Morgan fingerprint density at radius 2 is 1.57 bits per heavy atom. The van der Waals surface area contributed by atoms with E-state index in [0.29, 0.717) is 31.7 Å². The van der Waals surface area contributed by atoms with E-state index in [1.165, 1.54) is 12.1 Å². The summed E-state index contributed by atoms with van der Waals surface area (Å²) in [5.41, 5.74) is 1.19. The van der Waals surface area contributed by atoms with Crippen molar-refractivity contribution in [1.82, 2.24) is 9.80 Å². The van der Waals surface area contributed by atoms with Crippen molar-refractivity contribution in [3.8, 4) is 0 Å². The van der Waals surface area contributed by atoms with Gasteiger partial charge in [0, 0.05) is 55.5 Å². The van der Waals surface area contributed by atoms with Crippen LogP contribution in [0.3, 0.4) is 0 Å². The van der Waals surface area contributed by atoms with Gasteiger partial charge in [-0.15, -0.1) is 0 Å². The molecule has 190 valence electrons. The molecule has 4 nitrogen and oxygen atoms in total. The van der Waals surface area contributed by atoms with Crippen LogP contribution in [0.2, 0.25) is 0 Å². The zero-order valence-corrected chi connectivity index (χ0v) is 21.7. The van der Waals surface area contributed by atoms with Crippen molar-refractivity contribution in [2.45, 2.75) is 58.6 Å². The number of amides is 1. The molecule has 0 unspecified atom stereocenters. The fourth-order valence-corrected chi connectivity index (χ4v) is 6.02. The zero-order valence-electron chi connectivity index (χ0n) is 21.7. The zero-order chi connectivity index (χ0) is 25.7. The Hall–Kier alpha value is -2.31. The molecule has 0 aliphatic carbocycles. The first-order valence-corrected chi connectivity index (χ1v) is 12.6. The second kappa shape index (κ2) is 9.29. The maximum atomic E-state index is 14.8. The minimum absolute atomic E-state index is 0.0184. The molecule has 2 aromatic carbocycles. The van der Waals surface area contributed by atoms with Gasteiger partial charge in [0.1, 0.15) is 11.6 Å². The normalized spacial score (nSPS) is 30.0. The van der Waals surface area contributed by atoms with Crippen LogP contribution in [0, 0.1) is 36.3 Å². The van der Waals surface area contributed by atoms with Crippen molar-refractivity contribution < 1.29 is 18.7 Å². The largest absolute Gasteiger partial charge is 0.384 e. The third kappa shape index (κ3) is 4.75. The van der Waals surface area contributed by atoms with Crippen LogP contribution < -0.4 is 0 Å². The predicted octanol–water partition coefficient (Wildman–Crippen LogP) is 5.09. The maximum Gasteiger partial charge on any atom is 0.227 e. The Morgan fingerprint density at radius 1 is 0.971 bits per heavy atom. The van der Waals surface area contributed by atoms with Crippen LogP contribution in [0.1, 0.15) is 57.2 Å². The molecule has 2 aliphatic heterocycles. The summed E-state index contributed by atoms with van der Waals surface area (Å²) in [6.45, 7) is 14.2. The average molecular weight is 485 g/mol. The number of hydrogen-bond acceptors (Lipinski definition) is 3. The molecule has 2 aliphatic rings. The Kier molecular flexibility index (Phi) is 6.84. The number of piperidine rings is 1. The van der Waals surface area contributed by atoms with Crippen molar-refractivity contribution in [3.63, 3.8) is 0 Å². The van der Waals surface area contributed by atoms with Crippen LogP contribution in [0.4, 0.5) is 8.78 Å².